The topological polar surface area (TPSA) is 70.5 Å². The van der Waals surface area contributed by atoms with E-state index in [1.807, 2.05) is 0 Å². The Bertz CT molecular complexity index is 664. The van der Waals surface area contributed by atoms with E-state index in [-0.39, 0.29) is 0 Å². The molecule has 0 radical (unpaired) electrons. The fourth-order valence-electron chi connectivity index (χ4n) is 3.67. The Morgan fingerprint density at radius 1 is 0.621 bits per heavy atom. The number of rotatable bonds is 12. The molecule has 2 rings (SSSR count). The number of hydrogen-bond donors (Lipinski definition) is 2. The summed E-state index contributed by atoms with van der Waals surface area (Å²) in [6.07, 6.45) is 1.97. The van der Waals surface area contributed by atoms with E-state index in [0.717, 1.165) is 24.9 Å². The summed E-state index contributed by atoms with van der Waals surface area (Å²) < 4.78 is 14.4. The van der Waals surface area contributed by atoms with Crippen LogP contribution < -0.4 is 21.8 Å². The summed E-state index contributed by atoms with van der Waals surface area (Å²) in [7, 11) is -6.88. The van der Waals surface area contributed by atoms with Crippen LogP contribution in [0.4, 0.5) is 0 Å². The highest BCUT2D eigenvalue weighted by Crippen LogP contribution is 2.26. The monoisotopic (exact) mass is 446 g/mol. The second-order valence-electron chi connectivity index (χ2n) is 8.86. The fourth-order valence-corrected chi connectivity index (χ4v) is 16.9. The molecule has 4 nitrogen and oxygen atoms in total. The summed E-state index contributed by atoms with van der Waals surface area (Å²) in [5, 5.41) is 2.38. The lowest BCUT2D eigenvalue weighted by Gasteiger charge is -2.43. The zero-order valence-corrected chi connectivity index (χ0v) is 21.5. The highest BCUT2D eigenvalue weighted by molar-refractivity contribution is 7.02. The maximum atomic E-state index is 7.22. The van der Waals surface area contributed by atoms with Crippen LogP contribution in [0, 0.1) is 0 Å². The van der Waals surface area contributed by atoms with E-state index in [1.54, 1.807) is 0 Å². The van der Waals surface area contributed by atoms with Crippen molar-refractivity contribution in [3.05, 3.63) is 60.7 Å². The van der Waals surface area contributed by atoms with E-state index >= 15 is 0 Å². The van der Waals surface area contributed by atoms with Crippen LogP contribution in [0.3, 0.4) is 0 Å². The molecule has 0 aliphatic heterocycles. The van der Waals surface area contributed by atoms with Crippen molar-refractivity contribution >= 4 is 35.6 Å². The molecule has 0 saturated heterocycles. The Labute approximate surface area is 180 Å². The molecule has 29 heavy (non-hydrogen) atoms. The normalized spacial score (nSPS) is 12.9. The molecule has 0 heterocycles. The maximum absolute atomic E-state index is 7.22. The van der Waals surface area contributed by atoms with Gasteiger partial charge in [-0.1, -0.05) is 60.7 Å². The minimum Gasteiger partial charge on any atom is -0.430 e. The summed E-state index contributed by atoms with van der Waals surface area (Å²) in [4.78, 5) is 0. The average molecular weight is 447 g/mol. The first-order chi connectivity index (χ1) is 13.7. The Balaban J connectivity index is 2.59. The van der Waals surface area contributed by atoms with Crippen LogP contribution in [0.15, 0.2) is 60.7 Å². The largest absolute Gasteiger partial charge is 0.430 e. The van der Waals surface area contributed by atoms with Crippen molar-refractivity contribution in [2.45, 2.75) is 51.1 Å². The van der Waals surface area contributed by atoms with Gasteiger partial charge in [0.05, 0.1) is 0 Å². The summed E-state index contributed by atoms with van der Waals surface area (Å²) in [6.45, 7) is 10.6. The zero-order chi connectivity index (χ0) is 21.4. The van der Waals surface area contributed by atoms with E-state index in [4.69, 9.17) is 19.7 Å². The predicted molar refractivity (Wildman–Crippen MR) is 132 cm³/mol. The molecule has 2 aromatic rings. The second-order valence-corrected chi connectivity index (χ2v) is 20.9. The Morgan fingerprint density at radius 2 is 0.966 bits per heavy atom. The van der Waals surface area contributed by atoms with Crippen molar-refractivity contribution in [1.29, 1.82) is 0 Å². The molecule has 0 amide bonds. The van der Waals surface area contributed by atoms with Gasteiger partial charge in [-0.05, 0) is 74.6 Å². The smallest absolute Gasteiger partial charge is 0.386 e. The molecule has 2 aromatic carbocycles. The van der Waals surface area contributed by atoms with Crippen molar-refractivity contribution in [3.63, 3.8) is 0 Å². The van der Waals surface area contributed by atoms with Crippen molar-refractivity contribution in [2.75, 3.05) is 13.1 Å². The van der Waals surface area contributed by atoms with Crippen molar-refractivity contribution < 1.29 is 8.23 Å². The van der Waals surface area contributed by atoms with Crippen molar-refractivity contribution in [2.24, 2.45) is 11.5 Å². The molecule has 160 valence electrons. The first kappa shape index (κ1) is 24.2. The molecule has 0 fully saturated rings. The van der Waals surface area contributed by atoms with Crippen molar-refractivity contribution in [3.8, 4) is 0 Å². The average Bonchev–Trinajstić information content (AvgIpc) is 2.71. The third-order valence-electron chi connectivity index (χ3n) is 5.11. The molecule has 0 aliphatic rings. The minimum atomic E-state index is -2.88. The lowest BCUT2D eigenvalue weighted by molar-refractivity contribution is 0.404. The van der Waals surface area contributed by atoms with Crippen LogP contribution in [0.2, 0.25) is 38.3 Å². The highest BCUT2D eigenvalue weighted by Gasteiger charge is 2.49. The van der Waals surface area contributed by atoms with Gasteiger partial charge in [-0.15, -0.1) is 0 Å². The van der Waals surface area contributed by atoms with Gasteiger partial charge in [0.2, 0.25) is 0 Å². The molecular formula is C22H38N2O2Si3. The van der Waals surface area contributed by atoms with Gasteiger partial charge in [0.15, 0.2) is 16.6 Å². The molecule has 0 saturated carbocycles. The summed E-state index contributed by atoms with van der Waals surface area (Å²) in [6, 6.07) is 23.3. The van der Waals surface area contributed by atoms with E-state index in [2.05, 4.69) is 86.9 Å². The van der Waals surface area contributed by atoms with E-state index in [0.29, 0.717) is 13.1 Å². The molecule has 4 N–H and O–H groups in total. The fraction of sp³-hybridized carbons (Fsp3) is 0.455. The lowest BCUT2D eigenvalue weighted by atomic mass is 10.4. The summed E-state index contributed by atoms with van der Waals surface area (Å²) >= 11 is 0. The van der Waals surface area contributed by atoms with Gasteiger partial charge in [-0.3, -0.25) is 0 Å². The van der Waals surface area contributed by atoms with Crippen LogP contribution in [0.1, 0.15) is 12.8 Å². The van der Waals surface area contributed by atoms with E-state index in [1.165, 1.54) is 10.4 Å². The molecule has 7 heteroatoms. The lowest BCUT2D eigenvalue weighted by Crippen LogP contribution is -2.70. The van der Waals surface area contributed by atoms with Crippen molar-refractivity contribution in [1.82, 2.24) is 0 Å². The first-order valence-electron chi connectivity index (χ1n) is 10.7. The van der Waals surface area contributed by atoms with Gasteiger partial charge >= 0.3 is 8.56 Å². The Kier molecular flexibility index (Phi) is 9.02. The molecule has 0 unspecified atom stereocenters. The second kappa shape index (κ2) is 10.8. The predicted octanol–water partition coefficient (Wildman–Crippen LogP) is 3.38. The SMILES string of the molecule is C[Si](C)(CCCN)O[Si](O[Si](C)(C)CCCN)(c1ccccc1)c1ccccc1. The third kappa shape index (κ3) is 6.99. The Hall–Kier alpha value is -1.07. The molecule has 0 aromatic heterocycles. The van der Waals surface area contributed by atoms with Crippen LogP contribution in [0.5, 0.6) is 0 Å². The summed E-state index contributed by atoms with van der Waals surface area (Å²) in [5.41, 5.74) is 11.6. The van der Waals surface area contributed by atoms with Gasteiger partial charge < -0.3 is 19.7 Å². The third-order valence-corrected chi connectivity index (χ3v) is 17.1. The highest BCUT2D eigenvalue weighted by atomic mass is 28.5. The van der Waals surface area contributed by atoms with Gasteiger partial charge in [0.25, 0.3) is 0 Å². The molecule has 0 aliphatic carbocycles. The number of benzene rings is 2. The van der Waals surface area contributed by atoms with Gasteiger partial charge in [-0.2, -0.15) is 0 Å². The van der Waals surface area contributed by atoms with Crippen LogP contribution in [-0.4, -0.2) is 38.3 Å². The molecule has 0 bridgehead atoms. The van der Waals surface area contributed by atoms with Crippen LogP contribution in [-0.2, 0) is 8.23 Å². The molecule has 0 spiro atoms. The van der Waals surface area contributed by atoms with Crippen LogP contribution in [0.25, 0.3) is 0 Å². The standard InChI is InChI=1S/C22H38N2O2Si3/c1-27(2,19-11-17-23)25-29(21-13-7-5-8-14-21,22-15-9-6-10-16-22)26-28(3,4)20-12-18-24/h5-10,13-16H,11-12,17-20,23-24H2,1-4H3. The molecular weight excluding hydrogens is 409 g/mol. The first-order valence-corrected chi connectivity index (χ1v) is 18.7. The Morgan fingerprint density at radius 3 is 1.28 bits per heavy atom. The zero-order valence-electron chi connectivity index (χ0n) is 18.5. The maximum Gasteiger partial charge on any atom is 0.386 e. The summed E-state index contributed by atoms with van der Waals surface area (Å²) in [5.74, 6) is 0. The van der Waals surface area contributed by atoms with E-state index in [9.17, 15) is 0 Å². The quantitative estimate of drug-likeness (QED) is 0.490. The van der Waals surface area contributed by atoms with E-state index < -0.39 is 25.2 Å². The minimum absolute atomic E-state index is 0.697. The van der Waals surface area contributed by atoms with Crippen LogP contribution >= 0.6 is 0 Å². The number of nitrogens with two attached hydrogens (primary N) is 2. The van der Waals surface area contributed by atoms with Gasteiger partial charge in [0, 0.05) is 0 Å². The van der Waals surface area contributed by atoms with Gasteiger partial charge in [0.1, 0.15) is 0 Å². The van der Waals surface area contributed by atoms with Gasteiger partial charge in [-0.25, -0.2) is 0 Å². The molecule has 0 atom stereocenters. The number of hydrogen-bond acceptors (Lipinski definition) is 4.